The monoisotopic (exact) mass is 287 g/mol. The quantitative estimate of drug-likeness (QED) is 0.706. The number of rotatable bonds is 3. The Morgan fingerprint density at radius 1 is 1.47 bits per heavy atom. The first kappa shape index (κ1) is 12.1. The predicted molar refractivity (Wildman–Crippen MR) is 59.5 cm³/mol. The van der Waals surface area contributed by atoms with Crippen molar-refractivity contribution in [1.29, 1.82) is 0 Å². The van der Waals surface area contributed by atoms with Crippen LogP contribution >= 0.6 is 0 Å². The number of hydrogen-bond acceptors (Lipinski definition) is 6. The van der Waals surface area contributed by atoms with Crippen molar-refractivity contribution in [1.82, 2.24) is 24.7 Å². The smallest absolute Gasteiger partial charge is 0.314 e. The zero-order chi connectivity index (χ0) is 13.6. The lowest BCUT2D eigenvalue weighted by atomic mass is 10.2. The SMILES string of the molecule is O=C1N2CC(n3cncn3)=CC(C2)N1OS(=O)(=O)O. The number of fused-ring (bicyclic) bond motifs is 2. The van der Waals surface area contributed by atoms with E-state index in [1.807, 2.05) is 0 Å². The highest BCUT2D eigenvalue weighted by Crippen LogP contribution is 2.26. The predicted octanol–water partition coefficient (Wildman–Crippen LogP) is -1.03. The Morgan fingerprint density at radius 3 is 2.89 bits per heavy atom. The molecule has 0 spiro atoms. The largest absolute Gasteiger partial charge is 0.418 e. The van der Waals surface area contributed by atoms with Gasteiger partial charge in [0.2, 0.25) is 0 Å². The van der Waals surface area contributed by atoms with Crippen molar-refractivity contribution in [2.75, 3.05) is 13.1 Å². The molecule has 1 aromatic rings. The molecule has 0 saturated carbocycles. The van der Waals surface area contributed by atoms with E-state index in [4.69, 9.17) is 4.55 Å². The molecule has 2 amide bonds. The molecule has 3 heterocycles. The van der Waals surface area contributed by atoms with E-state index in [9.17, 15) is 13.2 Å². The third-order valence-corrected chi connectivity index (χ3v) is 3.14. The van der Waals surface area contributed by atoms with Crippen molar-refractivity contribution in [3.05, 3.63) is 18.7 Å². The van der Waals surface area contributed by atoms with E-state index in [1.165, 1.54) is 22.2 Å². The fraction of sp³-hybridized carbons (Fsp3) is 0.375. The molecule has 0 aliphatic carbocycles. The van der Waals surface area contributed by atoms with Crippen molar-refractivity contribution in [2.24, 2.45) is 0 Å². The second kappa shape index (κ2) is 4.01. The summed E-state index contributed by atoms with van der Waals surface area (Å²) in [7, 11) is -4.74. The minimum atomic E-state index is -4.74. The van der Waals surface area contributed by atoms with Gasteiger partial charge in [-0.15, -0.1) is 4.28 Å². The van der Waals surface area contributed by atoms with Gasteiger partial charge in [0.15, 0.2) is 0 Å². The summed E-state index contributed by atoms with van der Waals surface area (Å²) in [6, 6.07) is -1.24. The van der Waals surface area contributed by atoms with Crippen LogP contribution in [0.5, 0.6) is 0 Å². The van der Waals surface area contributed by atoms with E-state index in [-0.39, 0.29) is 13.1 Å². The summed E-state index contributed by atoms with van der Waals surface area (Å²) in [5, 5.41) is 4.56. The molecule has 1 unspecified atom stereocenters. The lowest BCUT2D eigenvalue weighted by molar-refractivity contribution is -0.0183. The van der Waals surface area contributed by atoms with Crippen LogP contribution in [0.4, 0.5) is 4.79 Å². The summed E-state index contributed by atoms with van der Waals surface area (Å²) < 4.78 is 35.8. The average molecular weight is 287 g/mol. The first-order valence-corrected chi connectivity index (χ1v) is 6.61. The van der Waals surface area contributed by atoms with Crippen LogP contribution in [-0.4, -0.2) is 62.9 Å². The highest BCUT2D eigenvalue weighted by molar-refractivity contribution is 7.80. The van der Waals surface area contributed by atoms with Gasteiger partial charge in [-0.2, -0.15) is 18.6 Å². The number of urea groups is 1. The maximum Gasteiger partial charge on any atom is 0.418 e. The third kappa shape index (κ3) is 2.18. The normalized spacial score (nSPS) is 22.9. The molecular weight excluding hydrogens is 278 g/mol. The number of hydroxylamine groups is 2. The molecule has 1 aromatic heterocycles. The maximum atomic E-state index is 11.9. The van der Waals surface area contributed by atoms with Crippen molar-refractivity contribution >= 4 is 22.1 Å². The molecule has 2 bridgehead atoms. The topological polar surface area (TPSA) is 118 Å². The van der Waals surface area contributed by atoms with Gasteiger partial charge in [0.05, 0.1) is 12.2 Å². The van der Waals surface area contributed by atoms with Crippen molar-refractivity contribution in [3.63, 3.8) is 0 Å². The van der Waals surface area contributed by atoms with E-state index in [1.54, 1.807) is 6.08 Å². The van der Waals surface area contributed by atoms with Gasteiger partial charge in [-0.25, -0.2) is 14.5 Å². The van der Waals surface area contributed by atoms with E-state index < -0.39 is 22.5 Å². The number of nitrogens with zero attached hydrogens (tertiary/aromatic N) is 5. The summed E-state index contributed by atoms with van der Waals surface area (Å²) in [6.07, 6.45) is 4.46. The zero-order valence-electron chi connectivity index (χ0n) is 9.45. The Balaban J connectivity index is 1.90. The van der Waals surface area contributed by atoms with E-state index in [0.29, 0.717) is 10.8 Å². The molecule has 1 atom stereocenters. The number of aromatic nitrogens is 3. The molecule has 1 saturated heterocycles. The third-order valence-electron chi connectivity index (χ3n) is 2.79. The average Bonchev–Trinajstić information content (AvgIpc) is 2.92. The first-order valence-electron chi connectivity index (χ1n) is 5.25. The standard InChI is InChI=1S/C8H9N5O5S/c14-8-11-2-6(12-5-9-4-10-12)1-7(3-11)13(8)18-19(15,16)17/h1,4-5,7H,2-3H2,(H,15,16,17). The van der Waals surface area contributed by atoms with Crippen LogP contribution in [-0.2, 0) is 14.7 Å². The first-order chi connectivity index (χ1) is 8.94. The number of carbonyl (C=O) groups excluding carboxylic acids is 1. The van der Waals surface area contributed by atoms with E-state index >= 15 is 0 Å². The van der Waals surface area contributed by atoms with Crippen LogP contribution < -0.4 is 0 Å². The molecule has 1 N–H and O–H groups in total. The lowest BCUT2D eigenvalue weighted by Crippen LogP contribution is -2.35. The fourth-order valence-corrected chi connectivity index (χ4v) is 2.45. The van der Waals surface area contributed by atoms with Gasteiger partial charge >= 0.3 is 16.4 Å². The molecule has 11 heteroatoms. The van der Waals surface area contributed by atoms with Crippen LogP contribution in [0.25, 0.3) is 5.70 Å². The minimum absolute atomic E-state index is 0.254. The lowest BCUT2D eigenvalue weighted by Gasteiger charge is -2.20. The molecule has 3 rings (SSSR count). The highest BCUT2D eigenvalue weighted by Gasteiger charge is 2.43. The Labute approximate surface area is 107 Å². The van der Waals surface area contributed by atoms with Gasteiger partial charge in [-0.05, 0) is 6.08 Å². The number of hydrogen-bond donors (Lipinski definition) is 1. The Bertz CT molecular complexity index is 638. The van der Waals surface area contributed by atoms with Crippen molar-refractivity contribution < 1.29 is 22.0 Å². The zero-order valence-corrected chi connectivity index (χ0v) is 10.3. The van der Waals surface area contributed by atoms with E-state index in [0.717, 1.165) is 0 Å². The molecule has 0 aromatic carbocycles. The Kier molecular flexibility index (Phi) is 2.55. The van der Waals surface area contributed by atoms with Crippen LogP contribution in [0.15, 0.2) is 18.7 Å². The van der Waals surface area contributed by atoms with Crippen LogP contribution in [0.1, 0.15) is 0 Å². The molecule has 10 nitrogen and oxygen atoms in total. The fourth-order valence-electron chi connectivity index (χ4n) is 2.08. The van der Waals surface area contributed by atoms with Gasteiger partial charge < -0.3 is 4.90 Å². The van der Waals surface area contributed by atoms with Crippen LogP contribution in [0, 0.1) is 0 Å². The summed E-state index contributed by atoms with van der Waals surface area (Å²) in [5.74, 6) is 0. The summed E-state index contributed by atoms with van der Waals surface area (Å²) >= 11 is 0. The summed E-state index contributed by atoms with van der Waals surface area (Å²) in [5.41, 5.74) is 0.670. The highest BCUT2D eigenvalue weighted by atomic mass is 32.3. The van der Waals surface area contributed by atoms with Crippen molar-refractivity contribution in [2.45, 2.75) is 6.04 Å². The second-order valence-corrected chi connectivity index (χ2v) is 5.06. The van der Waals surface area contributed by atoms with Crippen molar-refractivity contribution in [3.8, 4) is 0 Å². The maximum absolute atomic E-state index is 11.9. The van der Waals surface area contributed by atoms with E-state index in [2.05, 4.69) is 14.4 Å². The molecule has 19 heavy (non-hydrogen) atoms. The molecule has 2 aliphatic rings. The number of amides is 2. The molecule has 102 valence electrons. The molecular formula is C8H9N5O5S. The van der Waals surface area contributed by atoms with Crippen LogP contribution in [0.3, 0.4) is 0 Å². The van der Waals surface area contributed by atoms with Gasteiger partial charge in [-0.1, -0.05) is 0 Å². The summed E-state index contributed by atoms with van der Waals surface area (Å²) in [6.45, 7) is 0.538. The molecule has 0 radical (unpaired) electrons. The molecule has 1 fully saturated rings. The Morgan fingerprint density at radius 2 is 2.26 bits per heavy atom. The van der Waals surface area contributed by atoms with Crippen LogP contribution in [0.2, 0.25) is 0 Å². The van der Waals surface area contributed by atoms with Gasteiger partial charge in [0.25, 0.3) is 0 Å². The van der Waals surface area contributed by atoms with Gasteiger partial charge in [0.1, 0.15) is 18.7 Å². The Hall–Kier alpha value is -1.98. The van der Waals surface area contributed by atoms with Gasteiger partial charge in [0, 0.05) is 6.54 Å². The van der Waals surface area contributed by atoms with Gasteiger partial charge in [-0.3, -0.25) is 4.55 Å². The minimum Gasteiger partial charge on any atom is -0.314 e. The summed E-state index contributed by atoms with van der Waals surface area (Å²) in [4.78, 5) is 17.0. The second-order valence-electron chi connectivity index (χ2n) is 4.06. The molecule has 2 aliphatic heterocycles. The number of carbonyl (C=O) groups is 1.